The van der Waals surface area contributed by atoms with Gasteiger partial charge in [-0.05, 0) is 67.4 Å². The minimum absolute atomic E-state index is 0.0875. The van der Waals surface area contributed by atoms with Gasteiger partial charge in [0.2, 0.25) is 5.91 Å². The van der Waals surface area contributed by atoms with Gasteiger partial charge in [0, 0.05) is 18.5 Å². The Morgan fingerprint density at radius 1 is 1.00 bits per heavy atom. The molecule has 6 heteroatoms. The van der Waals surface area contributed by atoms with E-state index < -0.39 is 0 Å². The average Bonchev–Trinajstić information content (AvgIpc) is 2.75. The number of ether oxygens (including phenoxy) is 1. The number of aromatic amines is 1. The van der Waals surface area contributed by atoms with E-state index in [4.69, 9.17) is 4.74 Å². The summed E-state index contributed by atoms with van der Waals surface area (Å²) in [5.41, 5.74) is 2.35. The van der Waals surface area contributed by atoms with Crippen molar-refractivity contribution in [2.75, 3.05) is 5.32 Å². The number of anilines is 1. The molecule has 0 saturated heterocycles. The van der Waals surface area contributed by atoms with Gasteiger partial charge in [0.1, 0.15) is 17.3 Å². The molecule has 0 atom stereocenters. The van der Waals surface area contributed by atoms with E-state index in [0.29, 0.717) is 47.4 Å². The summed E-state index contributed by atoms with van der Waals surface area (Å²) in [5, 5.41) is 3.45. The highest BCUT2D eigenvalue weighted by molar-refractivity contribution is 5.90. The third-order valence-electron chi connectivity index (χ3n) is 4.84. The Kier molecular flexibility index (Phi) is 6.08. The summed E-state index contributed by atoms with van der Waals surface area (Å²) >= 11 is 0. The zero-order valence-electron chi connectivity index (χ0n) is 17.2. The van der Waals surface area contributed by atoms with Gasteiger partial charge in [-0.2, -0.15) is 0 Å². The molecule has 0 spiro atoms. The summed E-state index contributed by atoms with van der Waals surface area (Å²) < 4.78 is 5.82. The lowest BCUT2D eigenvalue weighted by Crippen LogP contribution is -2.14. The second-order valence-corrected chi connectivity index (χ2v) is 7.37. The minimum Gasteiger partial charge on any atom is -0.457 e. The number of nitrogens with zero attached hydrogens (tertiary/aromatic N) is 1. The predicted octanol–water partition coefficient (Wildman–Crippen LogP) is 4.99. The Balaban J connectivity index is 1.28. The number of hydrogen-bond donors (Lipinski definition) is 2. The number of amides is 1. The largest absolute Gasteiger partial charge is 0.457 e. The van der Waals surface area contributed by atoms with E-state index in [1.165, 1.54) is 0 Å². The van der Waals surface area contributed by atoms with Crippen LogP contribution in [0.25, 0.3) is 10.9 Å². The highest BCUT2D eigenvalue weighted by Gasteiger charge is 2.07. The van der Waals surface area contributed by atoms with Crippen LogP contribution in [0.1, 0.15) is 24.2 Å². The summed E-state index contributed by atoms with van der Waals surface area (Å²) in [7, 11) is 0. The average molecular weight is 413 g/mol. The van der Waals surface area contributed by atoms with Gasteiger partial charge in [-0.15, -0.1) is 0 Å². The maximum atomic E-state index is 12.3. The van der Waals surface area contributed by atoms with Crippen molar-refractivity contribution in [2.24, 2.45) is 0 Å². The number of rotatable bonds is 7. The van der Waals surface area contributed by atoms with E-state index in [1.807, 2.05) is 73.7 Å². The first-order valence-corrected chi connectivity index (χ1v) is 10.2. The van der Waals surface area contributed by atoms with E-state index in [2.05, 4.69) is 15.3 Å². The molecule has 0 radical (unpaired) electrons. The Morgan fingerprint density at radius 3 is 2.61 bits per heavy atom. The number of carbonyl (C=O) groups is 1. The Morgan fingerprint density at radius 2 is 1.81 bits per heavy atom. The SMILES string of the molecule is Cc1cccc(Oc2ccc(NC(=O)CCCc3nc4ccccc4c(=O)[nH]3)cc2)c1. The van der Waals surface area contributed by atoms with Crippen molar-refractivity contribution in [3.05, 3.63) is 94.5 Å². The molecule has 1 heterocycles. The quantitative estimate of drug-likeness (QED) is 0.447. The van der Waals surface area contributed by atoms with Crippen molar-refractivity contribution in [3.63, 3.8) is 0 Å². The molecule has 0 aliphatic heterocycles. The van der Waals surface area contributed by atoms with Crippen LogP contribution in [-0.4, -0.2) is 15.9 Å². The molecular weight excluding hydrogens is 390 g/mol. The molecule has 0 unspecified atom stereocenters. The molecule has 0 aliphatic carbocycles. The van der Waals surface area contributed by atoms with E-state index in [0.717, 1.165) is 11.3 Å². The van der Waals surface area contributed by atoms with Gasteiger partial charge in [-0.1, -0.05) is 24.3 Å². The van der Waals surface area contributed by atoms with Crippen molar-refractivity contribution >= 4 is 22.5 Å². The van der Waals surface area contributed by atoms with Crippen LogP contribution in [0.2, 0.25) is 0 Å². The summed E-state index contributed by atoms with van der Waals surface area (Å²) in [6.45, 7) is 2.01. The highest BCUT2D eigenvalue weighted by Crippen LogP contribution is 2.23. The number of aromatic nitrogens is 2. The molecule has 0 bridgehead atoms. The van der Waals surface area contributed by atoms with Crippen LogP contribution in [0.4, 0.5) is 5.69 Å². The lowest BCUT2D eigenvalue weighted by molar-refractivity contribution is -0.116. The van der Waals surface area contributed by atoms with Gasteiger partial charge in [0.25, 0.3) is 5.56 Å². The summed E-state index contributed by atoms with van der Waals surface area (Å²) in [5.74, 6) is 1.98. The third kappa shape index (κ3) is 5.36. The zero-order valence-corrected chi connectivity index (χ0v) is 17.2. The van der Waals surface area contributed by atoms with Crippen molar-refractivity contribution in [1.29, 1.82) is 0 Å². The lowest BCUT2D eigenvalue weighted by atomic mass is 10.2. The van der Waals surface area contributed by atoms with Crippen LogP contribution in [-0.2, 0) is 11.2 Å². The van der Waals surface area contributed by atoms with Gasteiger partial charge in [0.15, 0.2) is 0 Å². The molecule has 6 nitrogen and oxygen atoms in total. The van der Waals surface area contributed by atoms with E-state index in [-0.39, 0.29) is 11.5 Å². The van der Waals surface area contributed by atoms with Crippen LogP contribution in [0.3, 0.4) is 0 Å². The Labute approximate surface area is 179 Å². The first-order valence-electron chi connectivity index (χ1n) is 10.2. The topological polar surface area (TPSA) is 84.1 Å². The van der Waals surface area contributed by atoms with Gasteiger partial charge in [0.05, 0.1) is 10.9 Å². The maximum Gasteiger partial charge on any atom is 0.258 e. The van der Waals surface area contributed by atoms with Gasteiger partial charge >= 0.3 is 0 Å². The molecule has 0 saturated carbocycles. The second kappa shape index (κ2) is 9.26. The Bertz CT molecular complexity index is 1260. The smallest absolute Gasteiger partial charge is 0.258 e. The summed E-state index contributed by atoms with van der Waals surface area (Å²) in [4.78, 5) is 31.6. The minimum atomic E-state index is -0.155. The van der Waals surface area contributed by atoms with Crippen LogP contribution >= 0.6 is 0 Å². The van der Waals surface area contributed by atoms with Crippen LogP contribution in [0.5, 0.6) is 11.5 Å². The molecule has 0 fully saturated rings. The van der Waals surface area contributed by atoms with E-state index >= 15 is 0 Å². The number of aryl methyl sites for hydroxylation is 2. The fourth-order valence-corrected chi connectivity index (χ4v) is 3.31. The third-order valence-corrected chi connectivity index (χ3v) is 4.84. The van der Waals surface area contributed by atoms with Crippen molar-refractivity contribution < 1.29 is 9.53 Å². The van der Waals surface area contributed by atoms with Crippen molar-refractivity contribution in [2.45, 2.75) is 26.2 Å². The number of para-hydroxylation sites is 1. The van der Waals surface area contributed by atoms with Gasteiger partial charge < -0.3 is 15.0 Å². The molecule has 2 N–H and O–H groups in total. The lowest BCUT2D eigenvalue weighted by Gasteiger charge is -2.09. The molecule has 0 aliphatic rings. The number of nitrogens with one attached hydrogen (secondary N) is 2. The molecular formula is C25H23N3O3. The molecule has 4 rings (SSSR count). The van der Waals surface area contributed by atoms with Crippen molar-refractivity contribution in [3.8, 4) is 11.5 Å². The number of hydrogen-bond acceptors (Lipinski definition) is 4. The predicted molar refractivity (Wildman–Crippen MR) is 122 cm³/mol. The maximum absolute atomic E-state index is 12.3. The van der Waals surface area contributed by atoms with Crippen LogP contribution in [0, 0.1) is 6.92 Å². The molecule has 3 aromatic carbocycles. The van der Waals surface area contributed by atoms with Crippen LogP contribution < -0.4 is 15.6 Å². The fraction of sp³-hybridized carbons (Fsp3) is 0.160. The normalized spacial score (nSPS) is 10.7. The molecule has 4 aromatic rings. The fourth-order valence-electron chi connectivity index (χ4n) is 3.31. The standard InChI is InChI=1S/C25H23N3O3/c1-17-6-4-7-20(16-17)31-19-14-12-18(13-15-19)26-24(29)11-5-10-23-27-22-9-3-2-8-21(22)25(30)28-23/h2-4,6-9,12-16H,5,10-11H2,1H3,(H,26,29)(H,27,28,30). The number of carbonyl (C=O) groups excluding carboxylic acids is 1. The number of H-pyrrole nitrogens is 1. The number of benzene rings is 3. The summed E-state index contributed by atoms with van der Waals surface area (Å²) in [6, 6.07) is 22.3. The van der Waals surface area contributed by atoms with E-state index in [9.17, 15) is 9.59 Å². The molecule has 156 valence electrons. The molecule has 1 aromatic heterocycles. The zero-order chi connectivity index (χ0) is 21.6. The number of fused-ring (bicyclic) bond motifs is 1. The molecule has 1 amide bonds. The van der Waals surface area contributed by atoms with Crippen molar-refractivity contribution in [1.82, 2.24) is 9.97 Å². The monoisotopic (exact) mass is 413 g/mol. The first-order chi connectivity index (χ1) is 15.1. The Hall–Kier alpha value is -3.93. The van der Waals surface area contributed by atoms with Gasteiger partial charge in [-0.25, -0.2) is 4.98 Å². The summed E-state index contributed by atoms with van der Waals surface area (Å²) in [6.07, 6.45) is 1.44. The molecule has 31 heavy (non-hydrogen) atoms. The second-order valence-electron chi connectivity index (χ2n) is 7.37. The highest BCUT2D eigenvalue weighted by atomic mass is 16.5. The van der Waals surface area contributed by atoms with Gasteiger partial charge in [-0.3, -0.25) is 9.59 Å². The first kappa shape index (κ1) is 20.3. The van der Waals surface area contributed by atoms with Crippen LogP contribution in [0.15, 0.2) is 77.6 Å². The van der Waals surface area contributed by atoms with E-state index in [1.54, 1.807) is 6.07 Å².